The van der Waals surface area contributed by atoms with Crippen molar-refractivity contribution in [3.05, 3.63) is 66.1 Å². The molecule has 190 valence electrons. The summed E-state index contributed by atoms with van der Waals surface area (Å²) in [6.45, 7) is 11.1. The van der Waals surface area contributed by atoms with Crippen LogP contribution in [0.1, 0.15) is 60.6 Å². The molecular weight excluding hydrogens is 466 g/mol. The molecule has 8 nitrogen and oxygen atoms in total. The van der Waals surface area contributed by atoms with Crippen molar-refractivity contribution in [3.63, 3.8) is 0 Å². The van der Waals surface area contributed by atoms with Crippen LogP contribution in [0.5, 0.6) is 0 Å². The van der Waals surface area contributed by atoms with E-state index in [1.165, 1.54) is 12.5 Å². The summed E-state index contributed by atoms with van der Waals surface area (Å²) in [6, 6.07) is 6.35. The highest BCUT2D eigenvalue weighted by atomic mass is 16.5. The molecule has 3 heterocycles. The Labute approximate surface area is 215 Å². The first-order valence-electron chi connectivity index (χ1n) is 12.6. The summed E-state index contributed by atoms with van der Waals surface area (Å²) >= 11 is 0. The normalized spacial score (nSPS) is 13.5. The molecule has 1 aliphatic carbocycles. The van der Waals surface area contributed by atoms with E-state index in [2.05, 4.69) is 33.2 Å². The standard InChI is InChI=1S/C29H31N5O3/c1-6-24(35)32-23-12-19(11-10-17(23)4)26-25-18(5)22(29(36)37-16(2)3)14-30-28(25)33-27(26)20-13-31-34(15-20)21-8-7-9-21/h6,10-16,21H,1,7-9H2,2-5H3,(H,30,33)(H,32,35). The second-order valence-electron chi connectivity index (χ2n) is 9.87. The summed E-state index contributed by atoms with van der Waals surface area (Å²) in [6.07, 6.45) is 9.99. The molecule has 1 fully saturated rings. The lowest BCUT2D eigenvalue weighted by atomic mass is 9.93. The number of aromatic amines is 1. The van der Waals surface area contributed by atoms with Crippen LogP contribution in [0.15, 0.2) is 49.4 Å². The molecule has 3 aromatic heterocycles. The summed E-state index contributed by atoms with van der Waals surface area (Å²) in [5.74, 6) is -0.686. The van der Waals surface area contributed by atoms with E-state index in [9.17, 15) is 9.59 Å². The third-order valence-electron chi connectivity index (χ3n) is 6.95. The fourth-order valence-electron chi connectivity index (χ4n) is 4.71. The summed E-state index contributed by atoms with van der Waals surface area (Å²) in [5.41, 5.74) is 7.03. The monoisotopic (exact) mass is 497 g/mol. The molecule has 1 aliphatic rings. The molecule has 8 heteroatoms. The molecule has 0 bridgehead atoms. The van der Waals surface area contributed by atoms with Crippen LogP contribution in [0.25, 0.3) is 33.4 Å². The fourth-order valence-corrected chi connectivity index (χ4v) is 4.71. The number of fused-ring (bicyclic) bond motifs is 1. The number of pyridine rings is 1. The predicted molar refractivity (Wildman–Crippen MR) is 144 cm³/mol. The van der Waals surface area contributed by atoms with Crippen molar-refractivity contribution in [2.24, 2.45) is 0 Å². The number of aromatic nitrogens is 4. The molecule has 0 spiro atoms. The van der Waals surface area contributed by atoms with Crippen LogP contribution in [-0.4, -0.2) is 37.7 Å². The Balaban J connectivity index is 1.73. The van der Waals surface area contributed by atoms with Gasteiger partial charge in [-0.25, -0.2) is 9.78 Å². The summed E-state index contributed by atoms with van der Waals surface area (Å²) in [5, 5.41) is 8.36. The summed E-state index contributed by atoms with van der Waals surface area (Å²) in [7, 11) is 0. The Kier molecular flexibility index (Phi) is 6.41. The second-order valence-corrected chi connectivity index (χ2v) is 9.87. The number of H-pyrrole nitrogens is 1. The first kappa shape index (κ1) is 24.5. The zero-order valence-corrected chi connectivity index (χ0v) is 21.6. The van der Waals surface area contributed by atoms with E-state index in [0.717, 1.165) is 51.7 Å². The van der Waals surface area contributed by atoms with Crippen molar-refractivity contribution in [1.82, 2.24) is 19.7 Å². The number of ether oxygens (including phenoxy) is 1. The van der Waals surface area contributed by atoms with E-state index < -0.39 is 5.97 Å². The largest absolute Gasteiger partial charge is 0.459 e. The van der Waals surface area contributed by atoms with Crippen LogP contribution in [0, 0.1) is 13.8 Å². The van der Waals surface area contributed by atoms with Crippen molar-refractivity contribution in [1.29, 1.82) is 0 Å². The van der Waals surface area contributed by atoms with Crippen molar-refractivity contribution < 1.29 is 14.3 Å². The number of amides is 1. The maximum absolute atomic E-state index is 12.9. The Bertz CT molecular complexity index is 1520. The third-order valence-corrected chi connectivity index (χ3v) is 6.95. The summed E-state index contributed by atoms with van der Waals surface area (Å²) < 4.78 is 7.52. The van der Waals surface area contributed by atoms with Gasteiger partial charge in [-0.2, -0.15) is 5.10 Å². The number of hydrogen-bond donors (Lipinski definition) is 2. The van der Waals surface area contributed by atoms with Gasteiger partial charge in [0.25, 0.3) is 0 Å². The number of nitrogens with zero attached hydrogens (tertiary/aromatic N) is 3. The average molecular weight is 498 g/mol. The molecule has 0 atom stereocenters. The minimum absolute atomic E-state index is 0.241. The van der Waals surface area contributed by atoms with Crippen LogP contribution in [0.2, 0.25) is 0 Å². The van der Waals surface area contributed by atoms with Crippen LogP contribution in [0.3, 0.4) is 0 Å². The fraction of sp³-hybridized carbons (Fsp3) is 0.310. The maximum atomic E-state index is 12.9. The van der Waals surface area contributed by atoms with E-state index in [4.69, 9.17) is 4.74 Å². The van der Waals surface area contributed by atoms with Gasteiger partial charge in [0.05, 0.1) is 29.6 Å². The Morgan fingerprint density at radius 1 is 1.22 bits per heavy atom. The van der Waals surface area contributed by atoms with Gasteiger partial charge in [-0.1, -0.05) is 18.7 Å². The van der Waals surface area contributed by atoms with E-state index in [1.54, 1.807) is 6.20 Å². The Hall–Kier alpha value is -4.20. The van der Waals surface area contributed by atoms with Crippen molar-refractivity contribution in [3.8, 4) is 22.4 Å². The van der Waals surface area contributed by atoms with Crippen LogP contribution >= 0.6 is 0 Å². The molecule has 5 rings (SSSR count). The molecule has 0 radical (unpaired) electrons. The van der Waals surface area contributed by atoms with Crippen LogP contribution in [-0.2, 0) is 9.53 Å². The molecule has 0 aliphatic heterocycles. The molecule has 0 saturated heterocycles. The molecule has 0 unspecified atom stereocenters. The van der Waals surface area contributed by atoms with Gasteiger partial charge in [0.1, 0.15) is 5.65 Å². The zero-order chi connectivity index (χ0) is 26.3. The highest BCUT2D eigenvalue weighted by molar-refractivity contribution is 6.08. The predicted octanol–water partition coefficient (Wildman–Crippen LogP) is 6.12. The Morgan fingerprint density at radius 3 is 2.68 bits per heavy atom. The number of carbonyl (C=O) groups excluding carboxylic acids is 2. The van der Waals surface area contributed by atoms with Crippen molar-refractivity contribution >= 4 is 28.6 Å². The number of rotatable bonds is 7. The van der Waals surface area contributed by atoms with Crippen molar-refractivity contribution in [2.75, 3.05) is 5.32 Å². The average Bonchev–Trinajstić information content (AvgIpc) is 3.44. The summed E-state index contributed by atoms with van der Waals surface area (Å²) in [4.78, 5) is 33.0. The molecule has 2 N–H and O–H groups in total. The van der Waals surface area contributed by atoms with Gasteiger partial charge in [-0.15, -0.1) is 0 Å². The minimum atomic E-state index is -0.406. The minimum Gasteiger partial charge on any atom is -0.459 e. The lowest BCUT2D eigenvalue weighted by Crippen LogP contribution is -2.16. The van der Waals surface area contributed by atoms with Gasteiger partial charge < -0.3 is 15.0 Å². The highest BCUT2D eigenvalue weighted by Gasteiger charge is 2.25. The second kappa shape index (κ2) is 9.69. The first-order valence-corrected chi connectivity index (χ1v) is 12.6. The van der Waals surface area contributed by atoms with E-state index in [1.807, 2.05) is 56.8 Å². The number of hydrogen-bond acceptors (Lipinski definition) is 5. The zero-order valence-electron chi connectivity index (χ0n) is 21.6. The quantitative estimate of drug-likeness (QED) is 0.236. The van der Waals surface area contributed by atoms with Crippen molar-refractivity contribution in [2.45, 2.75) is 59.1 Å². The number of benzene rings is 1. The lowest BCUT2D eigenvalue weighted by Gasteiger charge is -2.25. The highest BCUT2D eigenvalue weighted by Crippen LogP contribution is 2.42. The Morgan fingerprint density at radius 2 is 2.00 bits per heavy atom. The number of nitrogens with one attached hydrogen (secondary N) is 2. The van der Waals surface area contributed by atoms with Gasteiger partial charge in [-0.05, 0) is 75.8 Å². The molecule has 1 saturated carbocycles. The van der Waals surface area contributed by atoms with E-state index in [-0.39, 0.29) is 12.0 Å². The van der Waals surface area contributed by atoms with Gasteiger partial charge in [-0.3, -0.25) is 9.48 Å². The molecule has 1 aromatic carbocycles. The number of anilines is 1. The molecule has 4 aromatic rings. The van der Waals surface area contributed by atoms with Gasteiger partial charge >= 0.3 is 5.97 Å². The molecular formula is C29H31N5O3. The molecule has 1 amide bonds. The van der Waals surface area contributed by atoms with Gasteiger partial charge in [0.2, 0.25) is 5.91 Å². The number of aryl methyl sites for hydroxylation is 2. The van der Waals surface area contributed by atoms with Gasteiger partial charge in [0, 0.05) is 34.6 Å². The van der Waals surface area contributed by atoms with E-state index in [0.29, 0.717) is 22.9 Å². The van der Waals surface area contributed by atoms with Crippen LogP contribution < -0.4 is 5.32 Å². The van der Waals surface area contributed by atoms with Crippen LogP contribution in [0.4, 0.5) is 5.69 Å². The maximum Gasteiger partial charge on any atom is 0.340 e. The number of carbonyl (C=O) groups is 2. The SMILES string of the molecule is C=CC(=O)Nc1cc(-c2c(-c3cnn(C4CCC4)c3)[nH]c3ncc(C(=O)OC(C)C)c(C)c23)ccc1C. The number of esters is 1. The van der Waals surface area contributed by atoms with E-state index >= 15 is 0 Å². The smallest absolute Gasteiger partial charge is 0.340 e. The lowest BCUT2D eigenvalue weighted by molar-refractivity contribution is -0.111. The molecule has 37 heavy (non-hydrogen) atoms. The topological polar surface area (TPSA) is 102 Å². The first-order chi connectivity index (χ1) is 17.8. The van der Waals surface area contributed by atoms with Gasteiger partial charge in [0.15, 0.2) is 0 Å². The third kappa shape index (κ3) is 4.55.